The number of hydrogen-bond donors (Lipinski definition) is 2. The van der Waals surface area contributed by atoms with Gasteiger partial charge in [0.1, 0.15) is 5.75 Å². The molecule has 1 aliphatic heterocycles. The van der Waals surface area contributed by atoms with Crippen molar-refractivity contribution < 1.29 is 9.53 Å². The molecule has 1 heterocycles. The quantitative estimate of drug-likeness (QED) is 0.771. The SMILES string of the molecule is COc1ccc([C@H](CNC(=O)C2CCC(CN)CC2)N2CCCCC2)cc1. The number of ether oxygens (including phenoxy) is 1. The Morgan fingerprint density at radius 3 is 2.41 bits per heavy atom. The van der Waals surface area contributed by atoms with Crippen LogP contribution in [0.5, 0.6) is 5.75 Å². The van der Waals surface area contributed by atoms with Crippen LogP contribution < -0.4 is 15.8 Å². The van der Waals surface area contributed by atoms with Gasteiger partial charge in [-0.3, -0.25) is 9.69 Å². The third-order valence-corrected chi connectivity index (χ3v) is 6.35. The highest BCUT2D eigenvalue weighted by Gasteiger charge is 2.27. The van der Waals surface area contributed by atoms with E-state index >= 15 is 0 Å². The fourth-order valence-corrected chi connectivity index (χ4v) is 4.52. The predicted molar refractivity (Wildman–Crippen MR) is 109 cm³/mol. The number of hydrogen-bond acceptors (Lipinski definition) is 4. The molecule has 27 heavy (non-hydrogen) atoms. The van der Waals surface area contributed by atoms with Crippen molar-refractivity contribution >= 4 is 5.91 Å². The van der Waals surface area contributed by atoms with Crippen molar-refractivity contribution in [3.63, 3.8) is 0 Å². The van der Waals surface area contributed by atoms with Crippen LogP contribution in [0.1, 0.15) is 56.6 Å². The van der Waals surface area contributed by atoms with Crippen molar-refractivity contribution in [2.75, 3.05) is 33.3 Å². The van der Waals surface area contributed by atoms with Gasteiger partial charge in [0.2, 0.25) is 5.91 Å². The zero-order valence-corrected chi connectivity index (χ0v) is 16.7. The molecule has 1 aromatic carbocycles. The number of nitrogens with zero attached hydrogens (tertiary/aromatic N) is 1. The average Bonchev–Trinajstić information content (AvgIpc) is 2.75. The van der Waals surface area contributed by atoms with Gasteiger partial charge >= 0.3 is 0 Å². The Balaban J connectivity index is 1.61. The van der Waals surface area contributed by atoms with E-state index in [2.05, 4.69) is 22.3 Å². The van der Waals surface area contributed by atoms with Gasteiger partial charge in [-0.05, 0) is 81.8 Å². The zero-order chi connectivity index (χ0) is 19.1. The van der Waals surface area contributed by atoms with Crippen LogP contribution in [-0.2, 0) is 4.79 Å². The summed E-state index contributed by atoms with van der Waals surface area (Å²) < 4.78 is 5.30. The monoisotopic (exact) mass is 373 g/mol. The lowest BCUT2D eigenvalue weighted by atomic mass is 9.81. The zero-order valence-electron chi connectivity index (χ0n) is 16.7. The Labute approximate surface area is 163 Å². The molecule has 0 spiro atoms. The number of carbonyl (C=O) groups is 1. The first-order valence-corrected chi connectivity index (χ1v) is 10.6. The molecule has 0 bridgehead atoms. The molecule has 1 saturated carbocycles. The van der Waals surface area contributed by atoms with Gasteiger partial charge in [-0.2, -0.15) is 0 Å². The Hall–Kier alpha value is -1.59. The van der Waals surface area contributed by atoms with Gasteiger partial charge in [-0.1, -0.05) is 18.6 Å². The van der Waals surface area contributed by atoms with Crippen molar-refractivity contribution in [1.82, 2.24) is 10.2 Å². The number of benzene rings is 1. The van der Waals surface area contributed by atoms with Gasteiger partial charge in [0.05, 0.1) is 13.2 Å². The summed E-state index contributed by atoms with van der Waals surface area (Å²) in [7, 11) is 1.69. The molecule has 1 aromatic rings. The van der Waals surface area contributed by atoms with Gasteiger partial charge < -0.3 is 15.8 Å². The minimum Gasteiger partial charge on any atom is -0.497 e. The van der Waals surface area contributed by atoms with E-state index in [1.165, 1.54) is 24.8 Å². The van der Waals surface area contributed by atoms with Gasteiger partial charge in [0.15, 0.2) is 0 Å². The van der Waals surface area contributed by atoms with Crippen molar-refractivity contribution in [3.05, 3.63) is 29.8 Å². The standard InChI is InChI=1S/C22H35N3O2/c1-27-20-11-9-18(10-12-20)21(25-13-3-2-4-14-25)16-24-22(26)19-7-5-17(15-23)6-8-19/h9-12,17,19,21H,2-8,13-16,23H2,1H3,(H,24,26)/t17?,19?,21-/m0/s1. The third kappa shape index (κ3) is 5.45. The van der Waals surface area contributed by atoms with E-state index in [4.69, 9.17) is 10.5 Å². The maximum atomic E-state index is 12.7. The number of carbonyl (C=O) groups excluding carboxylic acids is 1. The molecule has 0 radical (unpaired) electrons. The lowest BCUT2D eigenvalue weighted by molar-refractivity contribution is -0.126. The molecular formula is C22H35N3O2. The van der Waals surface area contributed by atoms with E-state index in [0.29, 0.717) is 12.5 Å². The Morgan fingerprint density at radius 1 is 1.15 bits per heavy atom. The van der Waals surface area contributed by atoms with E-state index in [9.17, 15) is 4.79 Å². The number of methoxy groups -OCH3 is 1. The molecule has 2 fully saturated rings. The largest absolute Gasteiger partial charge is 0.497 e. The smallest absolute Gasteiger partial charge is 0.223 e. The van der Waals surface area contributed by atoms with Crippen molar-refractivity contribution in [2.24, 2.45) is 17.6 Å². The molecule has 1 amide bonds. The van der Waals surface area contributed by atoms with Crippen LogP contribution >= 0.6 is 0 Å². The van der Waals surface area contributed by atoms with Crippen molar-refractivity contribution in [3.8, 4) is 5.75 Å². The molecule has 150 valence electrons. The fraction of sp³-hybridized carbons (Fsp3) is 0.682. The van der Waals surface area contributed by atoms with Gasteiger partial charge in [0, 0.05) is 12.5 Å². The normalized spacial score (nSPS) is 25.0. The number of nitrogens with one attached hydrogen (secondary N) is 1. The Morgan fingerprint density at radius 2 is 1.81 bits per heavy atom. The Kier molecular flexibility index (Phi) is 7.53. The summed E-state index contributed by atoms with van der Waals surface area (Å²) in [5.74, 6) is 1.86. The number of amides is 1. The molecule has 1 aliphatic carbocycles. The summed E-state index contributed by atoms with van der Waals surface area (Å²) in [6.45, 7) is 3.65. The van der Waals surface area contributed by atoms with E-state index < -0.39 is 0 Å². The van der Waals surface area contributed by atoms with Crippen molar-refractivity contribution in [1.29, 1.82) is 0 Å². The van der Waals surface area contributed by atoms with E-state index in [0.717, 1.165) is 51.1 Å². The molecule has 3 N–H and O–H groups in total. The summed E-state index contributed by atoms with van der Waals surface area (Å²) in [6.07, 6.45) is 7.91. The van der Waals surface area contributed by atoms with Crippen LogP contribution in [0.2, 0.25) is 0 Å². The first-order chi connectivity index (χ1) is 13.2. The first-order valence-electron chi connectivity index (χ1n) is 10.6. The third-order valence-electron chi connectivity index (χ3n) is 6.35. The first kappa shape index (κ1) is 20.2. The molecule has 3 rings (SSSR count). The summed E-state index contributed by atoms with van der Waals surface area (Å²) in [6, 6.07) is 8.54. The highest BCUT2D eigenvalue weighted by molar-refractivity contribution is 5.78. The second-order valence-corrected chi connectivity index (χ2v) is 8.08. The molecule has 1 atom stereocenters. The highest BCUT2D eigenvalue weighted by Crippen LogP contribution is 2.29. The molecule has 2 aliphatic rings. The van der Waals surface area contributed by atoms with Crippen LogP contribution in [0.15, 0.2) is 24.3 Å². The summed E-state index contributed by atoms with van der Waals surface area (Å²) in [4.78, 5) is 15.3. The molecule has 5 heteroatoms. The Bertz CT molecular complexity index is 576. The van der Waals surface area contributed by atoms with E-state index in [1.807, 2.05) is 12.1 Å². The topological polar surface area (TPSA) is 67.6 Å². The van der Waals surface area contributed by atoms with Crippen LogP contribution in [0.25, 0.3) is 0 Å². The van der Waals surface area contributed by atoms with E-state index in [1.54, 1.807) is 7.11 Å². The number of piperidine rings is 1. The summed E-state index contributed by atoms with van der Waals surface area (Å²) in [5, 5.41) is 3.27. The maximum Gasteiger partial charge on any atom is 0.223 e. The average molecular weight is 374 g/mol. The summed E-state index contributed by atoms with van der Waals surface area (Å²) in [5.41, 5.74) is 7.03. The van der Waals surface area contributed by atoms with E-state index in [-0.39, 0.29) is 17.9 Å². The molecule has 0 aromatic heterocycles. The lowest BCUT2D eigenvalue weighted by Crippen LogP contribution is -2.42. The fourth-order valence-electron chi connectivity index (χ4n) is 4.52. The van der Waals surface area contributed by atoms with Crippen LogP contribution in [0, 0.1) is 11.8 Å². The molecule has 0 unspecified atom stereocenters. The minimum absolute atomic E-state index is 0.158. The van der Waals surface area contributed by atoms with Crippen LogP contribution in [-0.4, -0.2) is 44.1 Å². The number of nitrogens with two attached hydrogens (primary N) is 1. The van der Waals surface area contributed by atoms with Crippen LogP contribution in [0.3, 0.4) is 0 Å². The number of likely N-dealkylation sites (tertiary alicyclic amines) is 1. The van der Waals surface area contributed by atoms with Gasteiger partial charge in [-0.15, -0.1) is 0 Å². The highest BCUT2D eigenvalue weighted by atomic mass is 16.5. The summed E-state index contributed by atoms with van der Waals surface area (Å²) >= 11 is 0. The van der Waals surface area contributed by atoms with Gasteiger partial charge in [0.25, 0.3) is 0 Å². The number of rotatable bonds is 7. The van der Waals surface area contributed by atoms with Crippen LogP contribution in [0.4, 0.5) is 0 Å². The molecule has 5 nitrogen and oxygen atoms in total. The predicted octanol–water partition coefficient (Wildman–Crippen LogP) is 3.10. The molecule has 1 saturated heterocycles. The lowest BCUT2D eigenvalue weighted by Gasteiger charge is -2.35. The second-order valence-electron chi connectivity index (χ2n) is 8.08. The molecular weight excluding hydrogens is 338 g/mol. The minimum atomic E-state index is 0.158. The maximum absolute atomic E-state index is 12.7. The van der Waals surface area contributed by atoms with Crippen molar-refractivity contribution in [2.45, 2.75) is 51.0 Å². The van der Waals surface area contributed by atoms with Gasteiger partial charge in [-0.25, -0.2) is 0 Å². The second kappa shape index (κ2) is 10.1.